The quantitative estimate of drug-likeness (QED) is 0.794. The zero-order chi connectivity index (χ0) is 12.3. The molecule has 2 aromatic rings. The molecular weight excluding hydrogens is 212 g/mol. The van der Waals surface area contributed by atoms with E-state index in [2.05, 4.69) is 4.90 Å². The van der Waals surface area contributed by atoms with Crippen molar-refractivity contribution in [3.63, 3.8) is 0 Å². The predicted molar refractivity (Wildman–Crippen MR) is 71.1 cm³/mol. The van der Waals surface area contributed by atoms with Crippen molar-refractivity contribution in [2.75, 3.05) is 17.7 Å². The van der Waals surface area contributed by atoms with Crippen LogP contribution in [0, 0.1) is 0 Å². The lowest BCUT2D eigenvalue weighted by molar-refractivity contribution is 0.475. The Bertz CT molecular complexity index is 494. The van der Waals surface area contributed by atoms with E-state index in [0.717, 1.165) is 23.5 Å². The van der Waals surface area contributed by atoms with E-state index >= 15 is 0 Å². The van der Waals surface area contributed by atoms with Crippen LogP contribution in [0.15, 0.2) is 48.5 Å². The number of nitrogens with zero attached hydrogens (tertiary/aromatic N) is 1. The lowest BCUT2D eigenvalue weighted by Crippen LogP contribution is -2.16. The van der Waals surface area contributed by atoms with E-state index in [1.807, 2.05) is 43.4 Å². The topological polar surface area (TPSA) is 49.5 Å². The smallest absolute Gasteiger partial charge is 0.115 e. The molecule has 0 unspecified atom stereocenters. The number of anilines is 2. The zero-order valence-corrected chi connectivity index (χ0v) is 9.80. The molecule has 0 heterocycles. The summed E-state index contributed by atoms with van der Waals surface area (Å²) in [6.45, 7) is 0.781. The molecule has 0 fully saturated rings. The minimum Gasteiger partial charge on any atom is -0.508 e. The van der Waals surface area contributed by atoms with Crippen LogP contribution in [0.4, 0.5) is 11.4 Å². The van der Waals surface area contributed by atoms with Crippen molar-refractivity contribution >= 4 is 11.4 Å². The Balaban J connectivity index is 2.11. The molecule has 0 aliphatic heterocycles. The summed E-state index contributed by atoms with van der Waals surface area (Å²) < 4.78 is 0. The molecule has 0 saturated carbocycles. The molecule has 0 aliphatic rings. The van der Waals surface area contributed by atoms with Gasteiger partial charge in [0, 0.05) is 25.0 Å². The summed E-state index contributed by atoms with van der Waals surface area (Å²) in [5.74, 6) is 0.292. The summed E-state index contributed by atoms with van der Waals surface area (Å²) in [7, 11) is 2.02. The van der Waals surface area contributed by atoms with Gasteiger partial charge in [0.25, 0.3) is 0 Å². The second kappa shape index (κ2) is 4.78. The summed E-state index contributed by atoms with van der Waals surface area (Å²) in [6, 6.07) is 15.0. The lowest BCUT2D eigenvalue weighted by atomic mass is 10.2. The Morgan fingerprint density at radius 1 is 1.12 bits per heavy atom. The maximum atomic E-state index is 9.21. The molecule has 0 atom stereocenters. The van der Waals surface area contributed by atoms with Crippen molar-refractivity contribution in [1.29, 1.82) is 0 Å². The van der Waals surface area contributed by atoms with E-state index in [-0.39, 0.29) is 0 Å². The van der Waals surface area contributed by atoms with E-state index in [9.17, 15) is 5.11 Å². The highest BCUT2D eigenvalue weighted by Gasteiger charge is 2.02. The minimum absolute atomic E-state index is 0.292. The number of phenolic OH excluding ortho intramolecular Hbond substituents is 1. The van der Waals surface area contributed by atoms with Crippen molar-refractivity contribution in [3.05, 3.63) is 54.1 Å². The maximum Gasteiger partial charge on any atom is 0.115 e. The molecule has 17 heavy (non-hydrogen) atoms. The minimum atomic E-state index is 0.292. The Morgan fingerprint density at radius 3 is 2.47 bits per heavy atom. The van der Waals surface area contributed by atoms with E-state index in [4.69, 9.17) is 5.73 Å². The Kier molecular flexibility index (Phi) is 3.19. The summed E-state index contributed by atoms with van der Waals surface area (Å²) in [4.78, 5) is 2.11. The molecule has 2 aromatic carbocycles. The Morgan fingerprint density at radius 2 is 1.82 bits per heavy atom. The van der Waals surface area contributed by atoms with Gasteiger partial charge in [0.2, 0.25) is 0 Å². The van der Waals surface area contributed by atoms with Crippen LogP contribution >= 0.6 is 0 Å². The molecule has 0 bridgehead atoms. The maximum absolute atomic E-state index is 9.21. The number of phenols is 1. The van der Waals surface area contributed by atoms with Gasteiger partial charge in [0.05, 0.1) is 0 Å². The lowest BCUT2D eigenvalue weighted by Gasteiger charge is -2.19. The first-order valence-electron chi connectivity index (χ1n) is 5.50. The van der Waals surface area contributed by atoms with Gasteiger partial charge in [-0.3, -0.25) is 0 Å². The van der Waals surface area contributed by atoms with Gasteiger partial charge in [0.15, 0.2) is 0 Å². The molecule has 0 aliphatic carbocycles. The van der Waals surface area contributed by atoms with Crippen LogP contribution in [-0.2, 0) is 6.54 Å². The molecule has 0 saturated heterocycles. The first kappa shape index (κ1) is 11.3. The normalized spacial score (nSPS) is 10.2. The molecule has 0 aromatic heterocycles. The van der Waals surface area contributed by atoms with Crippen molar-refractivity contribution in [2.45, 2.75) is 6.54 Å². The van der Waals surface area contributed by atoms with Crippen LogP contribution in [0.2, 0.25) is 0 Å². The average Bonchev–Trinajstić information content (AvgIpc) is 2.32. The van der Waals surface area contributed by atoms with Crippen LogP contribution in [-0.4, -0.2) is 12.2 Å². The predicted octanol–water partition coefficient (Wildman–Crippen LogP) is 2.61. The fourth-order valence-electron chi connectivity index (χ4n) is 1.73. The SMILES string of the molecule is CN(Cc1ccc(O)cc1)c1cccc(N)c1. The molecule has 0 amide bonds. The second-order valence-corrected chi connectivity index (χ2v) is 4.12. The summed E-state index contributed by atoms with van der Waals surface area (Å²) in [5, 5.41) is 9.21. The molecule has 2 rings (SSSR count). The van der Waals surface area contributed by atoms with Crippen LogP contribution in [0.25, 0.3) is 0 Å². The van der Waals surface area contributed by atoms with Crippen LogP contribution in [0.1, 0.15) is 5.56 Å². The van der Waals surface area contributed by atoms with Gasteiger partial charge in [-0.1, -0.05) is 18.2 Å². The molecule has 0 spiro atoms. The van der Waals surface area contributed by atoms with Crippen molar-refractivity contribution < 1.29 is 5.11 Å². The van der Waals surface area contributed by atoms with Crippen LogP contribution < -0.4 is 10.6 Å². The van der Waals surface area contributed by atoms with E-state index < -0.39 is 0 Å². The van der Waals surface area contributed by atoms with Crippen LogP contribution in [0.5, 0.6) is 5.75 Å². The standard InChI is InChI=1S/C14H16N2O/c1-16(13-4-2-3-12(15)9-13)10-11-5-7-14(17)8-6-11/h2-9,17H,10,15H2,1H3. The molecule has 88 valence electrons. The van der Waals surface area contributed by atoms with E-state index in [1.54, 1.807) is 12.1 Å². The molecule has 3 heteroatoms. The van der Waals surface area contributed by atoms with Gasteiger partial charge >= 0.3 is 0 Å². The first-order chi connectivity index (χ1) is 8.15. The highest BCUT2D eigenvalue weighted by Crippen LogP contribution is 2.19. The van der Waals surface area contributed by atoms with Gasteiger partial charge in [-0.2, -0.15) is 0 Å². The average molecular weight is 228 g/mol. The number of nitrogen functional groups attached to an aromatic ring is 1. The third kappa shape index (κ3) is 2.91. The number of aromatic hydroxyl groups is 1. The van der Waals surface area contributed by atoms with E-state index in [0.29, 0.717) is 5.75 Å². The third-order valence-electron chi connectivity index (χ3n) is 2.67. The highest BCUT2D eigenvalue weighted by atomic mass is 16.3. The monoisotopic (exact) mass is 228 g/mol. The number of hydrogen-bond donors (Lipinski definition) is 2. The molecule has 3 N–H and O–H groups in total. The molecule has 0 radical (unpaired) electrons. The Labute approximate surface area is 101 Å². The number of nitrogens with two attached hydrogens (primary N) is 1. The number of rotatable bonds is 3. The van der Waals surface area contributed by atoms with Gasteiger partial charge in [-0.15, -0.1) is 0 Å². The number of benzene rings is 2. The van der Waals surface area contributed by atoms with Crippen molar-refractivity contribution in [1.82, 2.24) is 0 Å². The first-order valence-corrected chi connectivity index (χ1v) is 5.50. The van der Waals surface area contributed by atoms with Crippen molar-refractivity contribution in [2.24, 2.45) is 0 Å². The van der Waals surface area contributed by atoms with Gasteiger partial charge in [-0.25, -0.2) is 0 Å². The third-order valence-corrected chi connectivity index (χ3v) is 2.67. The fraction of sp³-hybridized carbons (Fsp3) is 0.143. The fourth-order valence-corrected chi connectivity index (χ4v) is 1.73. The highest BCUT2D eigenvalue weighted by molar-refractivity contribution is 5.55. The second-order valence-electron chi connectivity index (χ2n) is 4.12. The van der Waals surface area contributed by atoms with Gasteiger partial charge in [-0.05, 0) is 35.9 Å². The molecular formula is C14H16N2O. The van der Waals surface area contributed by atoms with Gasteiger partial charge in [0.1, 0.15) is 5.75 Å². The van der Waals surface area contributed by atoms with Crippen molar-refractivity contribution in [3.8, 4) is 5.75 Å². The number of hydrogen-bond acceptors (Lipinski definition) is 3. The van der Waals surface area contributed by atoms with E-state index in [1.165, 1.54) is 0 Å². The van der Waals surface area contributed by atoms with Gasteiger partial charge < -0.3 is 15.7 Å². The summed E-state index contributed by atoms with van der Waals surface area (Å²) in [6.07, 6.45) is 0. The summed E-state index contributed by atoms with van der Waals surface area (Å²) in [5.41, 5.74) is 8.74. The Hall–Kier alpha value is -2.16. The largest absolute Gasteiger partial charge is 0.508 e. The van der Waals surface area contributed by atoms with Crippen LogP contribution in [0.3, 0.4) is 0 Å². The summed E-state index contributed by atoms with van der Waals surface area (Å²) >= 11 is 0. The zero-order valence-electron chi connectivity index (χ0n) is 9.80. The molecule has 3 nitrogen and oxygen atoms in total.